The SMILES string of the molecule is Cc1cccc(NC(=O)N2CCCC2(C)C(=O)O)c1C. The number of carbonyl (C=O) groups is 2. The summed E-state index contributed by atoms with van der Waals surface area (Å²) in [6.45, 7) is 5.98. The number of nitrogens with one attached hydrogen (secondary N) is 1. The Morgan fingerprint density at radius 3 is 2.70 bits per heavy atom. The monoisotopic (exact) mass is 276 g/mol. The van der Waals surface area contributed by atoms with E-state index in [0.29, 0.717) is 19.4 Å². The van der Waals surface area contributed by atoms with Gasteiger partial charge in [0.15, 0.2) is 0 Å². The lowest BCUT2D eigenvalue weighted by atomic mass is 10.00. The van der Waals surface area contributed by atoms with E-state index in [-0.39, 0.29) is 6.03 Å². The normalized spacial score (nSPS) is 21.9. The molecule has 108 valence electrons. The fraction of sp³-hybridized carbons (Fsp3) is 0.467. The quantitative estimate of drug-likeness (QED) is 0.872. The molecule has 1 aromatic rings. The molecule has 2 rings (SSSR count). The van der Waals surface area contributed by atoms with Crippen molar-refractivity contribution in [1.82, 2.24) is 4.90 Å². The maximum Gasteiger partial charge on any atom is 0.329 e. The standard InChI is InChI=1S/C15H20N2O3/c1-10-6-4-7-12(11(10)2)16-14(20)17-9-5-8-15(17,3)13(18)19/h4,6-7H,5,8-9H2,1-3H3,(H,16,20)(H,18,19). The molecule has 20 heavy (non-hydrogen) atoms. The van der Waals surface area contributed by atoms with Crippen LogP contribution in [0.3, 0.4) is 0 Å². The smallest absolute Gasteiger partial charge is 0.329 e. The first-order valence-electron chi connectivity index (χ1n) is 6.74. The summed E-state index contributed by atoms with van der Waals surface area (Å²) >= 11 is 0. The first-order valence-corrected chi connectivity index (χ1v) is 6.74. The molecule has 1 aliphatic heterocycles. The van der Waals surface area contributed by atoms with Gasteiger partial charge in [-0.1, -0.05) is 12.1 Å². The van der Waals surface area contributed by atoms with Crippen molar-refractivity contribution in [3.8, 4) is 0 Å². The van der Waals surface area contributed by atoms with Gasteiger partial charge in [0.25, 0.3) is 0 Å². The van der Waals surface area contributed by atoms with E-state index in [1.165, 1.54) is 4.90 Å². The number of hydrogen-bond donors (Lipinski definition) is 2. The van der Waals surface area contributed by atoms with Crippen LogP contribution in [0.25, 0.3) is 0 Å². The number of carboxylic acids is 1. The van der Waals surface area contributed by atoms with Gasteiger partial charge < -0.3 is 15.3 Å². The van der Waals surface area contributed by atoms with Crippen LogP contribution in [-0.4, -0.2) is 34.1 Å². The molecule has 0 aliphatic carbocycles. The van der Waals surface area contributed by atoms with Gasteiger partial charge in [-0.3, -0.25) is 0 Å². The molecule has 1 atom stereocenters. The molecule has 5 heteroatoms. The molecule has 0 bridgehead atoms. The van der Waals surface area contributed by atoms with Gasteiger partial charge in [-0.2, -0.15) is 0 Å². The number of likely N-dealkylation sites (tertiary alicyclic amines) is 1. The number of benzene rings is 1. The van der Waals surface area contributed by atoms with Crippen molar-refractivity contribution in [2.24, 2.45) is 0 Å². The minimum atomic E-state index is -1.11. The Bertz CT molecular complexity index is 556. The summed E-state index contributed by atoms with van der Waals surface area (Å²) in [4.78, 5) is 25.2. The summed E-state index contributed by atoms with van der Waals surface area (Å²) in [5.41, 5.74) is 1.71. The Labute approximate surface area is 118 Å². The zero-order valence-electron chi connectivity index (χ0n) is 12.1. The highest BCUT2D eigenvalue weighted by molar-refractivity contribution is 5.94. The predicted octanol–water partition coefficient (Wildman–Crippen LogP) is 2.77. The van der Waals surface area contributed by atoms with E-state index in [1.54, 1.807) is 6.92 Å². The number of aryl methyl sites for hydroxylation is 1. The molecular formula is C15H20N2O3. The Hall–Kier alpha value is -2.04. The summed E-state index contributed by atoms with van der Waals surface area (Å²) in [6.07, 6.45) is 1.20. The molecule has 0 saturated carbocycles. The van der Waals surface area contributed by atoms with Crippen LogP contribution in [0.15, 0.2) is 18.2 Å². The van der Waals surface area contributed by atoms with Crippen LogP contribution in [0.2, 0.25) is 0 Å². The van der Waals surface area contributed by atoms with E-state index >= 15 is 0 Å². The number of amides is 2. The highest BCUT2D eigenvalue weighted by Crippen LogP contribution is 2.30. The fourth-order valence-electron chi connectivity index (χ4n) is 2.58. The first kappa shape index (κ1) is 14.4. The van der Waals surface area contributed by atoms with Crippen molar-refractivity contribution in [3.63, 3.8) is 0 Å². The van der Waals surface area contributed by atoms with Gasteiger partial charge in [-0.15, -0.1) is 0 Å². The molecule has 1 saturated heterocycles. The first-order chi connectivity index (χ1) is 9.36. The van der Waals surface area contributed by atoms with Crippen molar-refractivity contribution in [2.45, 2.75) is 39.2 Å². The second-order valence-corrected chi connectivity index (χ2v) is 5.51. The van der Waals surface area contributed by atoms with Crippen LogP contribution in [0.4, 0.5) is 10.5 Å². The van der Waals surface area contributed by atoms with E-state index in [0.717, 1.165) is 16.8 Å². The molecule has 1 heterocycles. The van der Waals surface area contributed by atoms with E-state index in [1.807, 2.05) is 32.0 Å². The zero-order valence-corrected chi connectivity index (χ0v) is 12.1. The van der Waals surface area contributed by atoms with Crippen LogP contribution in [-0.2, 0) is 4.79 Å². The summed E-state index contributed by atoms with van der Waals surface area (Å²) in [5, 5.41) is 12.2. The Morgan fingerprint density at radius 2 is 2.05 bits per heavy atom. The van der Waals surface area contributed by atoms with Gasteiger partial charge in [0.1, 0.15) is 5.54 Å². The van der Waals surface area contributed by atoms with Crippen LogP contribution in [0, 0.1) is 13.8 Å². The lowest BCUT2D eigenvalue weighted by Gasteiger charge is -2.31. The number of urea groups is 1. The average Bonchev–Trinajstić information content (AvgIpc) is 2.78. The van der Waals surface area contributed by atoms with Crippen molar-refractivity contribution >= 4 is 17.7 Å². The second-order valence-electron chi connectivity index (χ2n) is 5.51. The predicted molar refractivity (Wildman–Crippen MR) is 76.9 cm³/mol. The molecule has 1 unspecified atom stereocenters. The number of rotatable bonds is 2. The molecule has 1 fully saturated rings. The van der Waals surface area contributed by atoms with Crippen LogP contribution < -0.4 is 5.32 Å². The number of carbonyl (C=O) groups excluding carboxylic acids is 1. The molecular weight excluding hydrogens is 256 g/mol. The van der Waals surface area contributed by atoms with Gasteiger partial charge >= 0.3 is 12.0 Å². The van der Waals surface area contributed by atoms with E-state index in [2.05, 4.69) is 5.32 Å². The summed E-state index contributed by atoms with van der Waals surface area (Å²) < 4.78 is 0. The van der Waals surface area contributed by atoms with Crippen molar-refractivity contribution in [2.75, 3.05) is 11.9 Å². The maximum absolute atomic E-state index is 12.3. The third-order valence-corrected chi connectivity index (χ3v) is 4.19. The van der Waals surface area contributed by atoms with Crippen molar-refractivity contribution in [1.29, 1.82) is 0 Å². The van der Waals surface area contributed by atoms with Gasteiger partial charge in [-0.25, -0.2) is 9.59 Å². The van der Waals surface area contributed by atoms with E-state index < -0.39 is 11.5 Å². The van der Waals surface area contributed by atoms with Gasteiger partial charge in [0, 0.05) is 12.2 Å². The number of nitrogens with zero attached hydrogens (tertiary/aromatic N) is 1. The van der Waals surface area contributed by atoms with Gasteiger partial charge in [0.2, 0.25) is 0 Å². The molecule has 2 amide bonds. The van der Waals surface area contributed by atoms with Gasteiger partial charge in [-0.05, 0) is 50.8 Å². The molecule has 0 radical (unpaired) electrons. The Kier molecular flexibility index (Phi) is 3.70. The largest absolute Gasteiger partial charge is 0.480 e. The number of carboxylic acid groups (broad SMARTS) is 1. The van der Waals surface area contributed by atoms with Crippen LogP contribution in [0.1, 0.15) is 30.9 Å². The van der Waals surface area contributed by atoms with E-state index in [9.17, 15) is 14.7 Å². The molecule has 2 N–H and O–H groups in total. The second kappa shape index (κ2) is 5.15. The average molecular weight is 276 g/mol. The van der Waals surface area contributed by atoms with E-state index in [4.69, 9.17) is 0 Å². The molecule has 0 aromatic heterocycles. The minimum Gasteiger partial charge on any atom is -0.480 e. The topological polar surface area (TPSA) is 69.6 Å². The Balaban J connectivity index is 2.20. The van der Waals surface area contributed by atoms with Gasteiger partial charge in [0.05, 0.1) is 0 Å². The highest BCUT2D eigenvalue weighted by atomic mass is 16.4. The van der Waals surface area contributed by atoms with Crippen LogP contribution in [0.5, 0.6) is 0 Å². The summed E-state index contributed by atoms with van der Waals surface area (Å²) in [5.74, 6) is -0.953. The highest BCUT2D eigenvalue weighted by Gasteiger charge is 2.46. The van der Waals surface area contributed by atoms with Crippen LogP contribution >= 0.6 is 0 Å². The number of anilines is 1. The number of hydrogen-bond acceptors (Lipinski definition) is 2. The van der Waals surface area contributed by atoms with Crippen molar-refractivity contribution < 1.29 is 14.7 Å². The lowest BCUT2D eigenvalue weighted by Crippen LogP contribution is -2.52. The maximum atomic E-state index is 12.3. The summed E-state index contributed by atoms with van der Waals surface area (Å²) in [7, 11) is 0. The molecule has 1 aliphatic rings. The summed E-state index contributed by atoms with van der Waals surface area (Å²) in [6, 6.07) is 5.33. The minimum absolute atomic E-state index is 0.346. The number of aliphatic carboxylic acids is 1. The Morgan fingerprint density at radius 1 is 1.35 bits per heavy atom. The molecule has 1 aromatic carbocycles. The fourth-order valence-corrected chi connectivity index (χ4v) is 2.58. The third kappa shape index (κ3) is 2.35. The lowest BCUT2D eigenvalue weighted by molar-refractivity contribution is -0.146. The molecule has 5 nitrogen and oxygen atoms in total. The zero-order chi connectivity index (χ0) is 14.9. The third-order valence-electron chi connectivity index (χ3n) is 4.19. The van der Waals surface area contributed by atoms with Crippen molar-refractivity contribution in [3.05, 3.63) is 29.3 Å². The molecule has 0 spiro atoms.